The Hall–Kier alpha value is -4.26. The van der Waals surface area contributed by atoms with E-state index in [-0.39, 0.29) is 56.0 Å². The van der Waals surface area contributed by atoms with E-state index in [1.54, 1.807) is 26.0 Å². The number of hydrogen-bond acceptors (Lipinski definition) is 8. The lowest BCUT2D eigenvalue weighted by molar-refractivity contribution is -0.137. The lowest BCUT2D eigenvalue weighted by Crippen LogP contribution is -2.54. The van der Waals surface area contributed by atoms with Crippen LogP contribution in [0, 0.1) is 5.92 Å². The molecule has 1 aromatic rings. The summed E-state index contributed by atoms with van der Waals surface area (Å²) in [4.78, 5) is 74.4. The number of aliphatic hydroxyl groups excluding tert-OH is 1. The number of carbonyl (C=O) groups is 6. The lowest BCUT2D eigenvalue weighted by atomic mass is 9.95. The SMILES string of the molecule is CC(C)[C@H](NC(=O)CCCCCN1C(=O)C=CC1=O)C(=O)N[C@@H](CCCNC(N)=O)C(=O)C(O)c1ccc(N)cc1. The van der Waals surface area contributed by atoms with Crippen LogP contribution < -0.4 is 27.4 Å². The minimum Gasteiger partial charge on any atom is -0.399 e. The fraction of sp³-hybridized carbons (Fsp3) is 0.500. The number of primary amides is 1. The number of hydrogen-bond donors (Lipinski definition) is 6. The van der Waals surface area contributed by atoms with Gasteiger partial charge in [-0.3, -0.25) is 28.9 Å². The molecule has 0 aliphatic carbocycles. The van der Waals surface area contributed by atoms with Crippen molar-refractivity contribution < 1.29 is 33.9 Å². The number of urea groups is 1. The van der Waals surface area contributed by atoms with Gasteiger partial charge in [-0.25, -0.2) is 4.79 Å². The molecular formula is C28H40N6O7. The molecule has 6 amide bonds. The number of benzene rings is 1. The van der Waals surface area contributed by atoms with Crippen LogP contribution in [0.4, 0.5) is 10.5 Å². The molecule has 1 heterocycles. The van der Waals surface area contributed by atoms with Gasteiger partial charge >= 0.3 is 6.03 Å². The summed E-state index contributed by atoms with van der Waals surface area (Å²) >= 11 is 0. The number of Topliss-reactive ketones (excluding diaryl/α,β-unsaturated/α-hetero) is 1. The van der Waals surface area contributed by atoms with E-state index in [2.05, 4.69) is 16.0 Å². The quantitative estimate of drug-likeness (QED) is 0.0872. The first-order valence-electron chi connectivity index (χ1n) is 13.6. The number of nitrogens with two attached hydrogens (primary N) is 2. The molecule has 3 atom stereocenters. The number of aliphatic hydroxyl groups is 1. The highest BCUT2D eigenvalue weighted by atomic mass is 16.3. The Morgan fingerprint density at radius 2 is 1.56 bits per heavy atom. The third kappa shape index (κ3) is 10.7. The Labute approximate surface area is 239 Å². The summed E-state index contributed by atoms with van der Waals surface area (Å²) in [6.45, 7) is 3.93. The predicted octanol–water partition coefficient (Wildman–Crippen LogP) is 0.431. The summed E-state index contributed by atoms with van der Waals surface area (Å²) < 4.78 is 0. The number of unbranched alkanes of at least 4 members (excludes halogenated alkanes) is 2. The number of nitrogen functional groups attached to an aromatic ring is 1. The van der Waals surface area contributed by atoms with Crippen LogP contribution >= 0.6 is 0 Å². The van der Waals surface area contributed by atoms with Gasteiger partial charge in [0.1, 0.15) is 12.1 Å². The fourth-order valence-electron chi connectivity index (χ4n) is 4.26. The van der Waals surface area contributed by atoms with Gasteiger partial charge in [0.25, 0.3) is 11.8 Å². The second-order valence-corrected chi connectivity index (χ2v) is 10.2. The number of amides is 6. The van der Waals surface area contributed by atoms with Gasteiger partial charge in [-0.1, -0.05) is 32.4 Å². The van der Waals surface area contributed by atoms with E-state index in [0.29, 0.717) is 30.5 Å². The van der Waals surface area contributed by atoms with Crippen LogP contribution in [0.3, 0.4) is 0 Å². The second-order valence-electron chi connectivity index (χ2n) is 10.2. The molecule has 0 aromatic heterocycles. The molecule has 8 N–H and O–H groups in total. The van der Waals surface area contributed by atoms with E-state index in [4.69, 9.17) is 11.5 Å². The second kappa shape index (κ2) is 16.1. The van der Waals surface area contributed by atoms with Crippen LogP contribution in [-0.4, -0.2) is 70.6 Å². The number of nitrogens with one attached hydrogen (secondary N) is 3. The molecular weight excluding hydrogens is 532 g/mol. The van der Waals surface area contributed by atoms with Crippen molar-refractivity contribution in [1.82, 2.24) is 20.9 Å². The smallest absolute Gasteiger partial charge is 0.312 e. The van der Waals surface area contributed by atoms with Gasteiger partial charge in [-0.2, -0.15) is 0 Å². The summed E-state index contributed by atoms with van der Waals surface area (Å²) in [5, 5.41) is 18.5. The Morgan fingerprint density at radius 3 is 2.15 bits per heavy atom. The monoisotopic (exact) mass is 572 g/mol. The number of ketones is 1. The van der Waals surface area contributed by atoms with Crippen molar-refractivity contribution in [1.29, 1.82) is 0 Å². The highest BCUT2D eigenvalue weighted by molar-refractivity contribution is 6.12. The van der Waals surface area contributed by atoms with E-state index in [0.717, 1.165) is 4.90 Å². The molecule has 224 valence electrons. The summed E-state index contributed by atoms with van der Waals surface area (Å²) in [6.07, 6.45) is 3.08. The standard InChI is InChI=1S/C28H40N6O7/c1-17(2)24(33-21(35)8-4-3-5-16-34-22(36)13-14-23(34)37)27(40)32-20(7-6-15-31-28(30)41)26(39)25(38)18-9-11-19(29)12-10-18/h9-14,17,20,24-25,38H,3-8,15-16,29H2,1-2H3,(H,32,40)(H,33,35)(H3,30,31,41)/t20-,24-,25?/m0/s1. The van der Waals surface area contributed by atoms with Gasteiger partial charge in [0.05, 0.1) is 6.04 Å². The van der Waals surface area contributed by atoms with E-state index < -0.39 is 35.9 Å². The summed E-state index contributed by atoms with van der Waals surface area (Å²) in [7, 11) is 0. The molecule has 0 bridgehead atoms. The zero-order valence-electron chi connectivity index (χ0n) is 23.4. The molecule has 0 spiro atoms. The highest BCUT2D eigenvalue weighted by Gasteiger charge is 2.32. The molecule has 2 rings (SSSR count). The minimum atomic E-state index is -1.53. The van der Waals surface area contributed by atoms with Gasteiger partial charge in [-0.05, 0) is 49.3 Å². The molecule has 1 unspecified atom stereocenters. The molecule has 13 nitrogen and oxygen atoms in total. The fourth-order valence-corrected chi connectivity index (χ4v) is 4.26. The largest absolute Gasteiger partial charge is 0.399 e. The number of imide groups is 1. The van der Waals surface area contributed by atoms with Gasteiger partial charge in [0.15, 0.2) is 5.78 Å². The van der Waals surface area contributed by atoms with Crippen LogP contribution in [0.15, 0.2) is 36.4 Å². The van der Waals surface area contributed by atoms with Gasteiger partial charge in [0, 0.05) is 37.3 Å². The van der Waals surface area contributed by atoms with Crippen LogP contribution in [0.5, 0.6) is 0 Å². The molecule has 13 heteroatoms. The third-order valence-electron chi connectivity index (χ3n) is 6.60. The van der Waals surface area contributed by atoms with Crippen LogP contribution in [-0.2, 0) is 24.0 Å². The van der Waals surface area contributed by atoms with Crippen molar-refractivity contribution in [2.45, 2.75) is 70.6 Å². The van der Waals surface area contributed by atoms with Gasteiger partial charge in [-0.15, -0.1) is 0 Å². The summed E-state index contributed by atoms with van der Waals surface area (Å²) in [5.41, 5.74) is 11.5. The Kier molecular flexibility index (Phi) is 12.9. The molecule has 0 saturated carbocycles. The summed E-state index contributed by atoms with van der Waals surface area (Å²) in [5.74, 6) is -2.60. The number of rotatable bonds is 17. The Morgan fingerprint density at radius 1 is 0.927 bits per heavy atom. The first kappa shape index (κ1) is 32.9. The Bertz CT molecular complexity index is 1120. The van der Waals surface area contributed by atoms with Crippen LogP contribution in [0.25, 0.3) is 0 Å². The topological polar surface area (TPSA) is 214 Å². The van der Waals surface area contributed by atoms with Crippen molar-refractivity contribution in [3.63, 3.8) is 0 Å². The molecule has 0 saturated heterocycles. The maximum atomic E-state index is 13.2. The molecule has 0 fully saturated rings. The van der Waals surface area contributed by atoms with Crippen molar-refractivity contribution >= 4 is 41.1 Å². The normalized spacial score (nSPS) is 15.0. The maximum absolute atomic E-state index is 13.2. The average Bonchev–Trinajstić information content (AvgIpc) is 3.24. The van der Waals surface area contributed by atoms with Crippen molar-refractivity contribution in [2.24, 2.45) is 11.7 Å². The van der Waals surface area contributed by atoms with Gasteiger partial charge < -0.3 is 32.5 Å². The number of carbonyl (C=O) groups excluding carboxylic acids is 6. The van der Waals surface area contributed by atoms with Gasteiger partial charge in [0.2, 0.25) is 11.8 Å². The van der Waals surface area contributed by atoms with Crippen LogP contribution in [0.2, 0.25) is 0 Å². The number of nitrogens with zero attached hydrogens (tertiary/aromatic N) is 1. The Balaban J connectivity index is 1.95. The lowest BCUT2D eigenvalue weighted by Gasteiger charge is -2.26. The molecule has 1 aliphatic heterocycles. The van der Waals surface area contributed by atoms with Crippen LogP contribution in [0.1, 0.15) is 64.0 Å². The van der Waals surface area contributed by atoms with E-state index in [9.17, 15) is 33.9 Å². The molecule has 1 aromatic carbocycles. The van der Waals surface area contributed by atoms with Crippen molar-refractivity contribution in [2.75, 3.05) is 18.8 Å². The average molecular weight is 573 g/mol. The predicted molar refractivity (Wildman–Crippen MR) is 151 cm³/mol. The number of anilines is 1. The zero-order valence-corrected chi connectivity index (χ0v) is 23.4. The van der Waals surface area contributed by atoms with E-state index in [1.165, 1.54) is 24.3 Å². The zero-order chi connectivity index (χ0) is 30.5. The summed E-state index contributed by atoms with van der Waals surface area (Å²) in [6, 6.07) is 3.35. The maximum Gasteiger partial charge on any atom is 0.312 e. The van der Waals surface area contributed by atoms with Crippen molar-refractivity contribution in [3.05, 3.63) is 42.0 Å². The molecule has 0 radical (unpaired) electrons. The van der Waals surface area contributed by atoms with E-state index >= 15 is 0 Å². The molecule has 1 aliphatic rings. The van der Waals surface area contributed by atoms with E-state index in [1.807, 2.05) is 0 Å². The highest BCUT2D eigenvalue weighted by Crippen LogP contribution is 2.19. The first-order chi connectivity index (χ1) is 19.4. The first-order valence-corrected chi connectivity index (χ1v) is 13.6. The molecule has 41 heavy (non-hydrogen) atoms. The third-order valence-corrected chi connectivity index (χ3v) is 6.60. The minimum absolute atomic E-state index is 0.104. The van der Waals surface area contributed by atoms with Crippen molar-refractivity contribution in [3.8, 4) is 0 Å².